The molecule has 1 N–H and O–H groups in total. The van der Waals surface area contributed by atoms with Crippen LogP contribution in [0.5, 0.6) is 5.75 Å². The number of nitro benzene ring substituents is 1. The molecule has 1 aromatic heterocycles. The fourth-order valence-electron chi connectivity index (χ4n) is 5.47. The van der Waals surface area contributed by atoms with Crippen molar-refractivity contribution in [1.82, 2.24) is 4.90 Å². The number of imide groups is 1. The lowest BCUT2D eigenvalue weighted by Gasteiger charge is -2.26. The van der Waals surface area contributed by atoms with E-state index in [-0.39, 0.29) is 47.2 Å². The Bertz CT molecular complexity index is 1200. The van der Waals surface area contributed by atoms with Gasteiger partial charge >= 0.3 is 0 Å². The van der Waals surface area contributed by atoms with Gasteiger partial charge in [0.1, 0.15) is 23.3 Å². The van der Waals surface area contributed by atoms with E-state index in [1.165, 1.54) is 30.2 Å². The highest BCUT2D eigenvalue weighted by Gasteiger charge is 2.60. The average molecular weight is 465 g/mol. The maximum absolute atomic E-state index is 13.4. The number of anilines is 1. The molecule has 1 aromatic carbocycles. The topological polar surface area (TPSA) is 132 Å². The van der Waals surface area contributed by atoms with Gasteiger partial charge in [-0.25, -0.2) is 0 Å². The number of nitrogens with one attached hydrogen (secondary N) is 1. The van der Waals surface area contributed by atoms with Crippen LogP contribution in [0.4, 0.5) is 11.4 Å². The Hall–Kier alpha value is -3.95. The number of carbonyl (C=O) groups is 3. The Kier molecular flexibility index (Phi) is 5.22. The number of allylic oxidation sites excluding steroid dienone is 2. The molecule has 3 aliphatic rings. The zero-order chi connectivity index (χ0) is 24.1. The van der Waals surface area contributed by atoms with Crippen molar-refractivity contribution in [3.63, 3.8) is 0 Å². The molecule has 3 amide bonds. The van der Waals surface area contributed by atoms with Gasteiger partial charge in [-0.1, -0.05) is 12.2 Å². The molecule has 5 rings (SSSR count). The molecule has 2 aliphatic carbocycles. The highest BCUT2D eigenvalue weighted by Crippen LogP contribution is 2.54. The summed E-state index contributed by atoms with van der Waals surface area (Å²) in [5, 5.41) is 13.8. The number of hydrogen-bond acceptors (Lipinski definition) is 7. The van der Waals surface area contributed by atoms with Crippen molar-refractivity contribution in [2.75, 3.05) is 12.4 Å². The third-order valence-corrected chi connectivity index (χ3v) is 6.95. The van der Waals surface area contributed by atoms with Gasteiger partial charge in [-0.3, -0.25) is 29.4 Å². The van der Waals surface area contributed by atoms with Gasteiger partial charge in [-0.05, 0) is 43.4 Å². The second-order valence-electron chi connectivity index (χ2n) is 8.90. The minimum Gasteiger partial charge on any atom is -0.495 e. The molecular weight excluding hydrogens is 442 g/mol. The highest BCUT2D eigenvalue weighted by molar-refractivity contribution is 6.07. The molecule has 1 aliphatic heterocycles. The molecule has 2 fully saturated rings. The zero-order valence-electron chi connectivity index (χ0n) is 18.6. The Morgan fingerprint density at radius 3 is 2.44 bits per heavy atom. The number of amides is 3. The van der Waals surface area contributed by atoms with E-state index in [0.717, 1.165) is 6.42 Å². The van der Waals surface area contributed by atoms with Gasteiger partial charge in [-0.2, -0.15) is 0 Å². The Balaban J connectivity index is 1.43. The number of likely N-dealkylation sites (tertiary alicyclic amines) is 1. The van der Waals surface area contributed by atoms with Crippen LogP contribution in [-0.2, 0) is 14.4 Å². The van der Waals surface area contributed by atoms with Gasteiger partial charge in [0.15, 0.2) is 0 Å². The lowest BCUT2D eigenvalue weighted by Crippen LogP contribution is -2.38. The standard InChI is InChI=1S/C24H23N3O7/c1-12-3-7-19(34-12)17(26-23(29)21-13-4-5-14(9-13)22(21)24(26)30)11-20(28)25-16-10-15(27(31)32)6-8-18(16)33-2/h3-8,10,13-14,17,21-22H,9,11H2,1-2H3,(H,25,28). The van der Waals surface area contributed by atoms with Gasteiger partial charge in [0.05, 0.1) is 36.0 Å². The maximum atomic E-state index is 13.4. The number of furan rings is 1. The Labute approximate surface area is 194 Å². The van der Waals surface area contributed by atoms with Crippen LogP contribution in [0.1, 0.15) is 30.4 Å². The molecule has 5 atom stereocenters. The molecule has 0 spiro atoms. The van der Waals surface area contributed by atoms with E-state index >= 15 is 0 Å². The number of fused-ring (bicyclic) bond motifs is 5. The Morgan fingerprint density at radius 1 is 1.21 bits per heavy atom. The lowest BCUT2D eigenvalue weighted by molar-refractivity contribution is -0.384. The summed E-state index contributed by atoms with van der Waals surface area (Å²) in [6, 6.07) is 6.29. The minimum absolute atomic E-state index is 0.0402. The third-order valence-electron chi connectivity index (χ3n) is 6.95. The van der Waals surface area contributed by atoms with E-state index in [1.54, 1.807) is 19.1 Å². The SMILES string of the molecule is COc1ccc([N+](=O)[O-])cc1NC(=O)CC(c1ccc(C)o1)N1C(=O)C2C3C=CC(C3)C2C1=O. The molecule has 5 unspecified atom stereocenters. The van der Waals surface area contributed by atoms with E-state index in [0.29, 0.717) is 11.5 Å². The number of ether oxygens (including phenoxy) is 1. The first-order valence-electron chi connectivity index (χ1n) is 11.0. The first-order chi connectivity index (χ1) is 16.3. The fourth-order valence-corrected chi connectivity index (χ4v) is 5.47. The van der Waals surface area contributed by atoms with Crippen LogP contribution in [-0.4, -0.2) is 34.7 Å². The number of aryl methyl sites for hydroxylation is 1. The molecule has 1 saturated heterocycles. The van der Waals surface area contributed by atoms with E-state index in [1.807, 2.05) is 12.2 Å². The van der Waals surface area contributed by atoms with Gasteiger partial charge in [0.2, 0.25) is 17.7 Å². The molecule has 176 valence electrons. The summed E-state index contributed by atoms with van der Waals surface area (Å²) in [5.41, 5.74) is -0.0933. The molecule has 0 radical (unpaired) electrons. The summed E-state index contributed by atoms with van der Waals surface area (Å²) < 4.78 is 10.9. The van der Waals surface area contributed by atoms with Crippen LogP contribution in [0.15, 0.2) is 46.9 Å². The van der Waals surface area contributed by atoms with Crippen LogP contribution >= 0.6 is 0 Å². The van der Waals surface area contributed by atoms with Crippen molar-refractivity contribution in [2.24, 2.45) is 23.7 Å². The number of hydrogen-bond donors (Lipinski definition) is 1. The monoisotopic (exact) mass is 465 g/mol. The number of rotatable bonds is 7. The highest BCUT2D eigenvalue weighted by atomic mass is 16.6. The van der Waals surface area contributed by atoms with Gasteiger partial charge < -0.3 is 14.5 Å². The van der Waals surface area contributed by atoms with Gasteiger partial charge in [0, 0.05) is 12.1 Å². The van der Waals surface area contributed by atoms with E-state index in [4.69, 9.17) is 9.15 Å². The smallest absolute Gasteiger partial charge is 0.271 e. The molecular formula is C24H23N3O7. The van der Waals surface area contributed by atoms with Crippen LogP contribution in [0.2, 0.25) is 0 Å². The minimum atomic E-state index is -0.927. The van der Waals surface area contributed by atoms with Gasteiger partial charge in [0.25, 0.3) is 5.69 Å². The van der Waals surface area contributed by atoms with Crippen molar-refractivity contribution < 1.29 is 28.5 Å². The number of methoxy groups -OCH3 is 1. The van der Waals surface area contributed by atoms with Gasteiger partial charge in [-0.15, -0.1) is 0 Å². The van der Waals surface area contributed by atoms with E-state index < -0.39 is 28.7 Å². The van der Waals surface area contributed by atoms with Crippen molar-refractivity contribution in [3.05, 3.63) is 64.1 Å². The molecule has 10 heteroatoms. The normalized spacial score (nSPS) is 25.5. The molecule has 10 nitrogen and oxygen atoms in total. The van der Waals surface area contributed by atoms with Crippen molar-refractivity contribution >= 4 is 29.1 Å². The zero-order valence-corrected chi connectivity index (χ0v) is 18.6. The molecule has 2 bridgehead atoms. The van der Waals surface area contributed by atoms with E-state index in [9.17, 15) is 24.5 Å². The quantitative estimate of drug-likeness (QED) is 0.287. The van der Waals surface area contributed by atoms with Crippen molar-refractivity contribution in [2.45, 2.75) is 25.8 Å². The second kappa shape index (κ2) is 8.12. The summed E-state index contributed by atoms with van der Waals surface area (Å²) in [6.45, 7) is 1.74. The van der Waals surface area contributed by atoms with Crippen LogP contribution in [0, 0.1) is 40.7 Å². The molecule has 2 aromatic rings. The average Bonchev–Trinajstić information content (AvgIpc) is 3.57. The molecule has 1 saturated carbocycles. The van der Waals surface area contributed by atoms with E-state index in [2.05, 4.69) is 5.32 Å². The first-order valence-corrected chi connectivity index (χ1v) is 11.0. The number of nitrogens with zero attached hydrogens (tertiary/aromatic N) is 2. The van der Waals surface area contributed by atoms with Crippen LogP contribution < -0.4 is 10.1 Å². The number of nitro groups is 1. The van der Waals surface area contributed by atoms with Crippen molar-refractivity contribution in [1.29, 1.82) is 0 Å². The number of carbonyl (C=O) groups excluding carboxylic acids is 3. The largest absolute Gasteiger partial charge is 0.495 e. The molecule has 34 heavy (non-hydrogen) atoms. The van der Waals surface area contributed by atoms with Crippen LogP contribution in [0.3, 0.4) is 0 Å². The Morgan fingerprint density at radius 2 is 1.88 bits per heavy atom. The summed E-state index contributed by atoms with van der Waals surface area (Å²) in [5.74, 6) is -0.675. The number of benzene rings is 1. The predicted molar refractivity (Wildman–Crippen MR) is 119 cm³/mol. The summed E-state index contributed by atoms with van der Waals surface area (Å²) in [7, 11) is 1.38. The summed E-state index contributed by atoms with van der Waals surface area (Å²) >= 11 is 0. The lowest BCUT2D eigenvalue weighted by atomic mass is 9.85. The third kappa shape index (κ3) is 3.46. The van der Waals surface area contributed by atoms with Crippen molar-refractivity contribution in [3.8, 4) is 5.75 Å². The maximum Gasteiger partial charge on any atom is 0.271 e. The predicted octanol–water partition coefficient (Wildman–Crippen LogP) is 3.38. The first kappa shape index (κ1) is 21.9. The second-order valence-corrected chi connectivity index (χ2v) is 8.90. The fraction of sp³-hybridized carbons (Fsp3) is 0.375. The number of non-ortho nitro benzene ring substituents is 1. The molecule has 2 heterocycles. The summed E-state index contributed by atoms with van der Waals surface area (Å²) in [6.07, 6.45) is 4.55. The summed E-state index contributed by atoms with van der Waals surface area (Å²) in [4.78, 5) is 51.6. The van der Waals surface area contributed by atoms with Crippen LogP contribution in [0.25, 0.3) is 0 Å².